The molecular formula is C15H12N4O5. The van der Waals surface area contributed by atoms with Crippen LogP contribution in [0.5, 0.6) is 0 Å². The van der Waals surface area contributed by atoms with Crippen LogP contribution in [0.1, 0.15) is 22.8 Å². The van der Waals surface area contributed by atoms with E-state index in [1.807, 2.05) is 0 Å². The second kappa shape index (κ2) is 7.09. The van der Waals surface area contributed by atoms with Crippen LogP contribution < -0.4 is 5.43 Å². The second-order valence-corrected chi connectivity index (χ2v) is 4.75. The Morgan fingerprint density at radius 1 is 0.958 bits per heavy atom. The highest BCUT2D eigenvalue weighted by Crippen LogP contribution is 2.14. The fourth-order valence-electron chi connectivity index (χ4n) is 1.87. The number of hydrazone groups is 1. The molecule has 0 heterocycles. The van der Waals surface area contributed by atoms with E-state index in [1.165, 1.54) is 36.4 Å². The maximum Gasteiger partial charge on any atom is 0.271 e. The largest absolute Gasteiger partial charge is 0.271 e. The van der Waals surface area contributed by atoms with Gasteiger partial charge in [0.15, 0.2) is 0 Å². The quantitative estimate of drug-likeness (QED) is 0.512. The van der Waals surface area contributed by atoms with E-state index in [2.05, 4.69) is 10.5 Å². The molecule has 2 aromatic rings. The highest BCUT2D eigenvalue weighted by atomic mass is 16.6. The molecule has 0 spiro atoms. The summed E-state index contributed by atoms with van der Waals surface area (Å²) in [6.07, 6.45) is 0. The Kier molecular flexibility index (Phi) is 4.95. The summed E-state index contributed by atoms with van der Waals surface area (Å²) in [6, 6.07) is 11.0. The maximum atomic E-state index is 12.0. The van der Waals surface area contributed by atoms with Crippen molar-refractivity contribution in [2.45, 2.75) is 6.92 Å². The molecule has 1 N–H and O–H groups in total. The Morgan fingerprint density at radius 2 is 1.46 bits per heavy atom. The number of carbonyl (C=O) groups excluding carboxylic acids is 1. The van der Waals surface area contributed by atoms with Gasteiger partial charge >= 0.3 is 0 Å². The predicted octanol–water partition coefficient (Wildman–Crippen LogP) is 2.66. The highest BCUT2D eigenvalue weighted by Gasteiger charge is 2.12. The third-order valence-corrected chi connectivity index (χ3v) is 3.12. The van der Waals surface area contributed by atoms with Gasteiger partial charge in [0, 0.05) is 35.4 Å². The van der Waals surface area contributed by atoms with Crippen LogP contribution in [0.2, 0.25) is 0 Å². The SMILES string of the molecule is CC(=NNC(=O)c1cccc([N+](=O)[O-])c1)c1cccc([N+](=O)[O-])c1. The van der Waals surface area contributed by atoms with Crippen molar-refractivity contribution in [3.05, 3.63) is 79.9 Å². The lowest BCUT2D eigenvalue weighted by atomic mass is 10.1. The fraction of sp³-hybridized carbons (Fsp3) is 0.0667. The van der Waals surface area contributed by atoms with Crippen LogP contribution in [0.15, 0.2) is 53.6 Å². The average Bonchev–Trinajstić information content (AvgIpc) is 2.59. The predicted molar refractivity (Wildman–Crippen MR) is 85.9 cm³/mol. The van der Waals surface area contributed by atoms with Crippen LogP contribution in [0.4, 0.5) is 11.4 Å². The standard InChI is InChI=1S/C15H12N4O5/c1-10(11-4-2-6-13(8-11)18(21)22)16-17-15(20)12-5-3-7-14(9-12)19(23)24/h2-9H,1H3,(H,17,20). The Morgan fingerprint density at radius 3 is 2.00 bits per heavy atom. The first kappa shape index (κ1) is 16.7. The Labute approximate surface area is 135 Å². The summed E-state index contributed by atoms with van der Waals surface area (Å²) in [7, 11) is 0. The number of non-ortho nitro benzene ring substituents is 2. The number of nitrogens with one attached hydrogen (secondary N) is 1. The van der Waals surface area contributed by atoms with Gasteiger partial charge in [-0.2, -0.15) is 5.10 Å². The second-order valence-electron chi connectivity index (χ2n) is 4.75. The number of hydrogen-bond acceptors (Lipinski definition) is 6. The summed E-state index contributed by atoms with van der Waals surface area (Å²) in [4.78, 5) is 32.3. The van der Waals surface area contributed by atoms with Gasteiger partial charge in [-0.1, -0.05) is 18.2 Å². The van der Waals surface area contributed by atoms with Gasteiger partial charge in [0.25, 0.3) is 17.3 Å². The molecule has 0 saturated heterocycles. The summed E-state index contributed by atoms with van der Waals surface area (Å²) in [5.41, 5.74) is 2.89. The van der Waals surface area contributed by atoms with E-state index in [0.717, 1.165) is 6.07 Å². The number of nitrogens with zero attached hydrogens (tertiary/aromatic N) is 3. The number of nitro groups is 2. The number of carbonyl (C=O) groups is 1. The molecule has 9 heteroatoms. The highest BCUT2D eigenvalue weighted by molar-refractivity contribution is 6.01. The zero-order valence-corrected chi connectivity index (χ0v) is 12.5. The van der Waals surface area contributed by atoms with Crippen molar-refractivity contribution in [3.8, 4) is 0 Å². The van der Waals surface area contributed by atoms with Gasteiger partial charge in [-0.15, -0.1) is 0 Å². The first-order valence-corrected chi connectivity index (χ1v) is 6.72. The Hall–Kier alpha value is -3.62. The Balaban J connectivity index is 2.16. The molecule has 1 amide bonds. The van der Waals surface area contributed by atoms with Crippen LogP contribution in [0, 0.1) is 20.2 Å². The molecule has 0 atom stereocenters. The first-order chi connectivity index (χ1) is 11.4. The van der Waals surface area contributed by atoms with Gasteiger partial charge in [0.1, 0.15) is 0 Å². The summed E-state index contributed by atoms with van der Waals surface area (Å²) >= 11 is 0. The van der Waals surface area contributed by atoms with Crippen molar-refractivity contribution in [1.82, 2.24) is 5.43 Å². The molecule has 0 aliphatic carbocycles. The number of benzene rings is 2. The van der Waals surface area contributed by atoms with Crippen molar-refractivity contribution in [3.63, 3.8) is 0 Å². The van der Waals surface area contributed by atoms with Crippen LogP contribution in [0.3, 0.4) is 0 Å². The van der Waals surface area contributed by atoms with Crippen molar-refractivity contribution in [2.75, 3.05) is 0 Å². The number of hydrogen-bond donors (Lipinski definition) is 1. The van der Waals surface area contributed by atoms with Crippen LogP contribution in [0.25, 0.3) is 0 Å². The number of amides is 1. The van der Waals surface area contributed by atoms with E-state index in [0.29, 0.717) is 11.3 Å². The number of nitro benzene ring substituents is 2. The fourth-order valence-corrected chi connectivity index (χ4v) is 1.87. The molecule has 0 saturated carbocycles. The van der Waals surface area contributed by atoms with Crippen molar-refractivity contribution >= 4 is 23.0 Å². The normalized spacial score (nSPS) is 11.0. The zero-order valence-electron chi connectivity index (χ0n) is 12.5. The molecule has 9 nitrogen and oxygen atoms in total. The van der Waals surface area contributed by atoms with Gasteiger partial charge in [-0.3, -0.25) is 25.0 Å². The molecule has 24 heavy (non-hydrogen) atoms. The van der Waals surface area contributed by atoms with Crippen LogP contribution in [-0.4, -0.2) is 21.5 Å². The van der Waals surface area contributed by atoms with Crippen LogP contribution in [-0.2, 0) is 0 Å². The minimum absolute atomic E-state index is 0.0831. The maximum absolute atomic E-state index is 12.0. The molecule has 0 fully saturated rings. The van der Waals surface area contributed by atoms with E-state index in [1.54, 1.807) is 13.0 Å². The topological polar surface area (TPSA) is 128 Å². The molecule has 0 radical (unpaired) electrons. The lowest BCUT2D eigenvalue weighted by Gasteiger charge is -2.03. The molecule has 122 valence electrons. The Bertz CT molecular complexity index is 847. The minimum atomic E-state index is -0.622. The van der Waals surface area contributed by atoms with E-state index in [9.17, 15) is 25.0 Å². The average molecular weight is 328 g/mol. The van der Waals surface area contributed by atoms with E-state index < -0.39 is 15.8 Å². The molecular weight excluding hydrogens is 316 g/mol. The molecule has 0 aromatic heterocycles. The summed E-state index contributed by atoms with van der Waals surface area (Å²) in [5, 5.41) is 25.3. The summed E-state index contributed by atoms with van der Waals surface area (Å²) in [6.45, 7) is 1.58. The van der Waals surface area contributed by atoms with Crippen molar-refractivity contribution in [2.24, 2.45) is 5.10 Å². The minimum Gasteiger partial charge on any atom is -0.267 e. The van der Waals surface area contributed by atoms with Gasteiger partial charge < -0.3 is 0 Å². The van der Waals surface area contributed by atoms with E-state index in [-0.39, 0.29) is 16.9 Å². The first-order valence-electron chi connectivity index (χ1n) is 6.72. The van der Waals surface area contributed by atoms with E-state index in [4.69, 9.17) is 0 Å². The molecule has 0 aliphatic heterocycles. The molecule has 0 bridgehead atoms. The third kappa shape index (κ3) is 3.97. The molecule has 0 unspecified atom stereocenters. The van der Waals surface area contributed by atoms with Gasteiger partial charge in [0.2, 0.25) is 0 Å². The number of rotatable bonds is 5. The van der Waals surface area contributed by atoms with E-state index >= 15 is 0 Å². The van der Waals surface area contributed by atoms with Crippen LogP contribution >= 0.6 is 0 Å². The third-order valence-electron chi connectivity index (χ3n) is 3.12. The lowest BCUT2D eigenvalue weighted by Crippen LogP contribution is -2.19. The summed E-state index contributed by atoms with van der Waals surface area (Å²) < 4.78 is 0. The van der Waals surface area contributed by atoms with Crippen molar-refractivity contribution < 1.29 is 14.6 Å². The zero-order chi connectivity index (χ0) is 17.7. The monoisotopic (exact) mass is 328 g/mol. The lowest BCUT2D eigenvalue weighted by molar-refractivity contribution is -0.385. The molecule has 2 rings (SSSR count). The van der Waals surface area contributed by atoms with Gasteiger partial charge in [-0.25, -0.2) is 5.43 Å². The summed E-state index contributed by atoms with van der Waals surface area (Å²) in [5.74, 6) is -0.622. The molecule has 0 aliphatic rings. The molecule has 2 aromatic carbocycles. The van der Waals surface area contributed by atoms with Gasteiger partial charge in [0.05, 0.1) is 15.6 Å². The van der Waals surface area contributed by atoms with Gasteiger partial charge in [-0.05, 0) is 13.0 Å². The van der Waals surface area contributed by atoms with Crippen molar-refractivity contribution in [1.29, 1.82) is 0 Å². The smallest absolute Gasteiger partial charge is 0.267 e.